The Balaban J connectivity index is 0.000000690. The highest BCUT2D eigenvalue weighted by molar-refractivity contribution is 5.76. The lowest BCUT2D eigenvalue weighted by Crippen LogP contribution is -2.36. The number of hydrogen-bond acceptors (Lipinski definition) is 4. The smallest absolute Gasteiger partial charge is 0.253 e. The zero-order chi connectivity index (χ0) is 16.1. The van der Waals surface area contributed by atoms with Crippen molar-refractivity contribution in [3.05, 3.63) is 30.9 Å². The van der Waals surface area contributed by atoms with Gasteiger partial charge in [-0.15, -0.1) is 0 Å². The van der Waals surface area contributed by atoms with E-state index in [1.165, 1.54) is 5.82 Å². The lowest BCUT2D eigenvalue weighted by molar-refractivity contribution is -0.703. The van der Waals surface area contributed by atoms with Gasteiger partial charge in [-0.1, -0.05) is 6.58 Å². The van der Waals surface area contributed by atoms with E-state index in [1.807, 2.05) is 0 Å². The third kappa shape index (κ3) is 8.99. The second kappa shape index (κ2) is 12.1. The predicted molar refractivity (Wildman–Crippen MR) is 77.6 cm³/mol. The molecule has 0 unspecified atom stereocenters. The average Bonchev–Trinajstić information content (AvgIpc) is 2.81. The average molecular weight is 298 g/mol. The predicted octanol–water partition coefficient (Wildman–Crippen LogP) is 0.0793. The molecule has 0 bridgehead atoms. The third-order valence-corrected chi connectivity index (χ3v) is 2.92. The van der Waals surface area contributed by atoms with Crippen LogP contribution in [-0.4, -0.2) is 38.0 Å². The second-order valence-electron chi connectivity index (χ2n) is 4.45. The molecule has 1 aromatic rings. The first kappa shape index (κ1) is 19.3. The van der Waals surface area contributed by atoms with E-state index in [0.29, 0.717) is 0 Å². The molecule has 21 heavy (non-hydrogen) atoms. The van der Waals surface area contributed by atoms with Crippen LogP contribution in [0.1, 0.15) is 18.7 Å². The van der Waals surface area contributed by atoms with Gasteiger partial charge < -0.3 is 19.4 Å². The van der Waals surface area contributed by atoms with Gasteiger partial charge in [-0.2, -0.15) is 0 Å². The summed E-state index contributed by atoms with van der Waals surface area (Å²) in [6, 6.07) is 0. The van der Waals surface area contributed by atoms with Crippen molar-refractivity contribution in [2.45, 2.75) is 32.9 Å². The van der Waals surface area contributed by atoms with E-state index >= 15 is 0 Å². The van der Waals surface area contributed by atoms with Crippen molar-refractivity contribution in [3.8, 4) is 0 Å². The maximum atomic E-state index is 9.14. The number of carbonyl (C=O) groups is 1. The fourth-order valence-electron chi connectivity index (χ4n) is 1.77. The van der Waals surface area contributed by atoms with Crippen LogP contribution in [0, 0.1) is 6.92 Å². The molecule has 0 atom stereocenters. The summed E-state index contributed by atoms with van der Waals surface area (Å²) in [5.74, 6) is 0.0669. The van der Waals surface area contributed by atoms with Crippen LogP contribution in [0.4, 0.5) is 0 Å². The number of rotatable bonds is 9. The van der Waals surface area contributed by atoms with Gasteiger partial charge in [0.15, 0.2) is 0 Å². The molecule has 0 N–H and O–H groups in total. The molecule has 1 aromatic heterocycles. The van der Waals surface area contributed by atoms with Crippen LogP contribution in [0.15, 0.2) is 25.0 Å². The first-order valence-electron chi connectivity index (χ1n) is 6.93. The molecule has 0 fully saturated rings. The second-order valence-corrected chi connectivity index (χ2v) is 4.45. The Kier molecular flexibility index (Phi) is 11.2. The van der Waals surface area contributed by atoms with Crippen molar-refractivity contribution in [2.24, 2.45) is 0 Å². The van der Waals surface area contributed by atoms with Crippen LogP contribution in [-0.2, 0) is 27.4 Å². The number of ether oxygens (including phenoxy) is 2. The number of aliphatic carboxylic acids is 1. The molecule has 0 aromatic carbocycles. The number of nitrogens with zero attached hydrogens (tertiary/aromatic N) is 2. The molecule has 0 aliphatic carbocycles. The van der Waals surface area contributed by atoms with Crippen molar-refractivity contribution in [1.82, 2.24) is 4.57 Å². The number of carbonyl (C=O) groups excluding carboxylic acids is 1. The molecule has 6 heteroatoms. The van der Waals surface area contributed by atoms with E-state index in [4.69, 9.17) is 19.4 Å². The van der Waals surface area contributed by atoms with Crippen LogP contribution in [0.5, 0.6) is 0 Å². The molecule has 0 saturated heterocycles. The standard InChI is InChI=1S/C12H23N2O2.C3H4O2/c1-12-13(6-4-10-15-2)8-9-14(12)7-5-11-16-3;1-2-3(4)5/h8-9H,4-7,10-11H2,1-3H3;2H,1H2,(H,4,5)/q+1;/p-1. The van der Waals surface area contributed by atoms with Crippen molar-refractivity contribution in [2.75, 3.05) is 27.4 Å². The lowest BCUT2D eigenvalue weighted by Gasteiger charge is -2.01. The number of carboxylic acid groups (broad SMARTS) is 1. The van der Waals surface area contributed by atoms with Crippen molar-refractivity contribution in [3.63, 3.8) is 0 Å². The van der Waals surface area contributed by atoms with Crippen molar-refractivity contribution < 1.29 is 23.9 Å². The Morgan fingerprint density at radius 2 is 1.95 bits per heavy atom. The summed E-state index contributed by atoms with van der Waals surface area (Å²) in [5, 5.41) is 9.14. The fourth-order valence-corrected chi connectivity index (χ4v) is 1.77. The monoisotopic (exact) mass is 298 g/mol. The number of hydrogen-bond donors (Lipinski definition) is 0. The maximum Gasteiger partial charge on any atom is 0.253 e. The van der Waals surface area contributed by atoms with E-state index in [-0.39, 0.29) is 0 Å². The van der Waals surface area contributed by atoms with Gasteiger partial charge in [0.05, 0.1) is 19.1 Å². The number of carboxylic acids is 1. The van der Waals surface area contributed by atoms with E-state index < -0.39 is 5.97 Å². The highest BCUT2D eigenvalue weighted by Gasteiger charge is 2.10. The zero-order valence-corrected chi connectivity index (χ0v) is 13.2. The van der Waals surface area contributed by atoms with E-state index in [9.17, 15) is 0 Å². The van der Waals surface area contributed by atoms with Crippen molar-refractivity contribution in [1.29, 1.82) is 0 Å². The van der Waals surface area contributed by atoms with Gasteiger partial charge in [0.2, 0.25) is 0 Å². The minimum atomic E-state index is -1.23. The largest absolute Gasteiger partial charge is 0.545 e. The molecule has 120 valence electrons. The molecule has 0 amide bonds. The Labute approximate surface area is 126 Å². The summed E-state index contributed by atoms with van der Waals surface area (Å²) < 4.78 is 14.6. The quantitative estimate of drug-likeness (QED) is 0.368. The SMILES string of the molecule is C=CC(=O)[O-].COCCCn1cc[n+](CCCOC)c1C. The van der Waals surface area contributed by atoms with Gasteiger partial charge in [0.1, 0.15) is 12.4 Å². The van der Waals surface area contributed by atoms with Gasteiger partial charge in [-0.05, 0) is 6.08 Å². The normalized spacial score (nSPS) is 9.86. The first-order chi connectivity index (χ1) is 10.1. The van der Waals surface area contributed by atoms with Gasteiger partial charge in [0.25, 0.3) is 5.82 Å². The molecule has 0 radical (unpaired) electrons. The van der Waals surface area contributed by atoms with Crippen LogP contribution in [0.3, 0.4) is 0 Å². The maximum absolute atomic E-state index is 9.14. The molecule has 0 aliphatic heterocycles. The van der Waals surface area contributed by atoms with Crippen LogP contribution in [0.2, 0.25) is 0 Å². The molecule has 1 rings (SSSR count). The first-order valence-corrected chi connectivity index (χ1v) is 6.93. The summed E-state index contributed by atoms with van der Waals surface area (Å²) in [6.07, 6.45) is 7.11. The number of imidazole rings is 1. The minimum absolute atomic E-state index is 0.722. The summed E-state index contributed by atoms with van der Waals surface area (Å²) in [4.78, 5) is 9.14. The number of aryl methyl sites for hydroxylation is 2. The highest BCUT2D eigenvalue weighted by atomic mass is 16.5. The summed E-state index contributed by atoms with van der Waals surface area (Å²) >= 11 is 0. The van der Waals surface area contributed by atoms with Crippen LogP contribution in [0.25, 0.3) is 0 Å². The van der Waals surface area contributed by atoms with Gasteiger partial charge in [0, 0.05) is 47.2 Å². The van der Waals surface area contributed by atoms with Crippen molar-refractivity contribution >= 4 is 5.97 Å². The molecule has 1 heterocycles. The van der Waals surface area contributed by atoms with E-state index in [2.05, 4.69) is 35.0 Å². The number of aromatic nitrogens is 2. The van der Waals surface area contributed by atoms with Gasteiger partial charge >= 0.3 is 0 Å². The zero-order valence-electron chi connectivity index (χ0n) is 13.2. The topological polar surface area (TPSA) is 67.4 Å². The van der Waals surface area contributed by atoms with Gasteiger partial charge in [-0.25, -0.2) is 9.13 Å². The van der Waals surface area contributed by atoms with E-state index in [1.54, 1.807) is 14.2 Å². The fraction of sp³-hybridized carbons (Fsp3) is 0.600. The van der Waals surface area contributed by atoms with Crippen LogP contribution < -0.4 is 9.67 Å². The molecule has 6 nitrogen and oxygen atoms in total. The molecular weight excluding hydrogens is 272 g/mol. The Morgan fingerprint density at radius 1 is 1.38 bits per heavy atom. The third-order valence-electron chi connectivity index (χ3n) is 2.92. The minimum Gasteiger partial charge on any atom is -0.545 e. The molecule has 0 saturated carbocycles. The van der Waals surface area contributed by atoms with Gasteiger partial charge in [-0.3, -0.25) is 0 Å². The Bertz CT molecular complexity index is 388. The molecule has 0 spiro atoms. The molecular formula is C15H26N2O4. The Hall–Kier alpha value is -1.66. The summed E-state index contributed by atoms with van der Waals surface area (Å²) in [5.41, 5.74) is 0. The summed E-state index contributed by atoms with van der Waals surface area (Å²) in [7, 11) is 3.49. The Morgan fingerprint density at radius 3 is 2.48 bits per heavy atom. The summed E-state index contributed by atoms with van der Waals surface area (Å²) in [6.45, 7) is 8.74. The van der Waals surface area contributed by atoms with E-state index in [0.717, 1.165) is 45.2 Å². The lowest BCUT2D eigenvalue weighted by atomic mass is 10.4. The molecule has 0 aliphatic rings. The highest BCUT2D eigenvalue weighted by Crippen LogP contribution is 1.97. The number of methoxy groups -OCH3 is 2. The van der Waals surface area contributed by atoms with Crippen LogP contribution >= 0.6 is 0 Å².